The summed E-state index contributed by atoms with van der Waals surface area (Å²) in [4.78, 5) is 5.63. The molecule has 0 fully saturated rings. The Morgan fingerprint density at radius 1 is 1.11 bits per heavy atom. The summed E-state index contributed by atoms with van der Waals surface area (Å²) in [5.41, 5.74) is 4.34. The van der Waals surface area contributed by atoms with Gasteiger partial charge in [-0.1, -0.05) is 35.6 Å². The SMILES string of the molecule is CCOCc1cccc(Nc2ncc(-c3ccc(-n4cccn4)cc3)s2)c1. The highest BCUT2D eigenvalue weighted by atomic mass is 32.1. The average molecular weight is 376 g/mol. The third kappa shape index (κ3) is 4.24. The van der Waals surface area contributed by atoms with Gasteiger partial charge >= 0.3 is 0 Å². The molecule has 27 heavy (non-hydrogen) atoms. The van der Waals surface area contributed by atoms with Crippen molar-refractivity contribution in [3.63, 3.8) is 0 Å². The van der Waals surface area contributed by atoms with Crippen LogP contribution in [-0.2, 0) is 11.3 Å². The van der Waals surface area contributed by atoms with Crippen LogP contribution in [0.4, 0.5) is 10.8 Å². The molecule has 0 unspecified atom stereocenters. The second-order valence-electron chi connectivity index (χ2n) is 5.99. The molecule has 2 heterocycles. The Hall–Kier alpha value is -2.96. The number of hydrogen-bond donors (Lipinski definition) is 1. The number of aromatic nitrogens is 3. The molecule has 6 heteroatoms. The molecular formula is C21H20N4OS. The molecule has 0 saturated carbocycles. The number of hydrogen-bond acceptors (Lipinski definition) is 5. The van der Waals surface area contributed by atoms with Gasteiger partial charge in [-0.15, -0.1) is 0 Å². The van der Waals surface area contributed by atoms with E-state index < -0.39 is 0 Å². The maximum absolute atomic E-state index is 5.48. The summed E-state index contributed by atoms with van der Waals surface area (Å²) >= 11 is 1.63. The van der Waals surface area contributed by atoms with Crippen molar-refractivity contribution >= 4 is 22.2 Å². The fraction of sp³-hybridized carbons (Fsp3) is 0.143. The van der Waals surface area contributed by atoms with Crippen molar-refractivity contribution in [1.29, 1.82) is 0 Å². The molecule has 0 atom stereocenters. The number of ether oxygens (including phenoxy) is 1. The highest BCUT2D eigenvalue weighted by molar-refractivity contribution is 7.18. The maximum Gasteiger partial charge on any atom is 0.187 e. The second-order valence-corrected chi connectivity index (χ2v) is 7.02. The molecule has 4 rings (SSSR count). The van der Waals surface area contributed by atoms with Crippen LogP contribution in [0.2, 0.25) is 0 Å². The minimum atomic E-state index is 0.623. The van der Waals surface area contributed by atoms with Gasteiger partial charge in [0.05, 0.1) is 17.2 Å². The predicted molar refractivity (Wildman–Crippen MR) is 110 cm³/mol. The molecule has 4 aromatic rings. The first-order chi connectivity index (χ1) is 13.3. The van der Waals surface area contributed by atoms with Gasteiger partial charge in [-0.2, -0.15) is 5.10 Å². The molecule has 1 N–H and O–H groups in total. The molecule has 0 bridgehead atoms. The molecule has 0 radical (unpaired) electrons. The van der Waals surface area contributed by atoms with E-state index in [1.165, 1.54) is 0 Å². The van der Waals surface area contributed by atoms with Gasteiger partial charge in [0, 0.05) is 30.9 Å². The highest BCUT2D eigenvalue weighted by Crippen LogP contribution is 2.31. The minimum Gasteiger partial charge on any atom is -0.377 e. The Labute approximate surface area is 162 Å². The van der Waals surface area contributed by atoms with Crippen molar-refractivity contribution in [2.45, 2.75) is 13.5 Å². The van der Waals surface area contributed by atoms with Crippen molar-refractivity contribution in [1.82, 2.24) is 14.8 Å². The number of nitrogens with one attached hydrogen (secondary N) is 1. The summed E-state index contributed by atoms with van der Waals surface area (Å²) in [6, 6.07) is 18.4. The van der Waals surface area contributed by atoms with Crippen LogP contribution in [0.25, 0.3) is 16.1 Å². The summed E-state index contributed by atoms with van der Waals surface area (Å²) in [6.07, 6.45) is 5.61. The quantitative estimate of drug-likeness (QED) is 0.477. The number of rotatable bonds is 7. The number of nitrogens with zero attached hydrogens (tertiary/aromatic N) is 3. The lowest BCUT2D eigenvalue weighted by Crippen LogP contribution is -1.94. The first-order valence-corrected chi connectivity index (χ1v) is 9.63. The summed E-state index contributed by atoms with van der Waals surface area (Å²) in [6.45, 7) is 3.34. The zero-order valence-electron chi connectivity index (χ0n) is 15.0. The fourth-order valence-electron chi connectivity index (χ4n) is 2.75. The van der Waals surface area contributed by atoms with Crippen LogP contribution in [0, 0.1) is 0 Å². The lowest BCUT2D eigenvalue weighted by Gasteiger charge is -2.06. The first kappa shape index (κ1) is 17.5. The summed E-state index contributed by atoms with van der Waals surface area (Å²) in [5, 5.41) is 8.51. The third-order valence-corrected chi connectivity index (χ3v) is 5.04. The number of benzene rings is 2. The highest BCUT2D eigenvalue weighted by Gasteiger charge is 2.06. The topological polar surface area (TPSA) is 52.0 Å². The van der Waals surface area contributed by atoms with Gasteiger partial charge in [0.25, 0.3) is 0 Å². The molecule has 0 spiro atoms. The summed E-state index contributed by atoms with van der Waals surface area (Å²) < 4.78 is 7.32. The average Bonchev–Trinajstić information content (AvgIpc) is 3.39. The van der Waals surface area contributed by atoms with Gasteiger partial charge in [0.15, 0.2) is 5.13 Å². The standard InChI is InChI=1S/C21H20N4OS/c1-2-26-15-16-5-3-6-18(13-16)24-21-22-14-20(27-21)17-7-9-19(10-8-17)25-12-4-11-23-25/h3-14H,2,15H2,1H3,(H,22,24). The Bertz CT molecular complexity index is 993. The lowest BCUT2D eigenvalue weighted by atomic mass is 10.2. The Morgan fingerprint density at radius 2 is 2.00 bits per heavy atom. The Morgan fingerprint density at radius 3 is 2.78 bits per heavy atom. The number of thiazole rings is 1. The van der Waals surface area contributed by atoms with E-state index in [4.69, 9.17) is 4.74 Å². The first-order valence-electron chi connectivity index (χ1n) is 8.82. The van der Waals surface area contributed by atoms with E-state index in [1.54, 1.807) is 17.5 Å². The normalized spacial score (nSPS) is 10.9. The van der Waals surface area contributed by atoms with Gasteiger partial charge in [-0.3, -0.25) is 0 Å². The van der Waals surface area contributed by atoms with Crippen LogP contribution >= 0.6 is 11.3 Å². The third-order valence-electron chi connectivity index (χ3n) is 4.08. The van der Waals surface area contributed by atoms with Gasteiger partial charge in [0.2, 0.25) is 0 Å². The van der Waals surface area contributed by atoms with Crippen LogP contribution in [-0.4, -0.2) is 21.4 Å². The second kappa shape index (κ2) is 8.16. The van der Waals surface area contributed by atoms with E-state index >= 15 is 0 Å². The van der Waals surface area contributed by atoms with E-state index in [0.717, 1.165) is 32.5 Å². The molecule has 0 aliphatic carbocycles. The molecule has 5 nitrogen and oxygen atoms in total. The van der Waals surface area contributed by atoms with E-state index in [2.05, 4.69) is 51.8 Å². The smallest absolute Gasteiger partial charge is 0.187 e. The van der Waals surface area contributed by atoms with E-state index in [1.807, 2.05) is 42.2 Å². The molecule has 0 aliphatic rings. The van der Waals surface area contributed by atoms with Crippen molar-refractivity contribution in [2.75, 3.05) is 11.9 Å². The molecule has 0 amide bonds. The van der Waals surface area contributed by atoms with E-state index in [0.29, 0.717) is 13.2 Å². The largest absolute Gasteiger partial charge is 0.377 e. The van der Waals surface area contributed by atoms with Gasteiger partial charge in [-0.05, 0) is 48.4 Å². The summed E-state index contributed by atoms with van der Waals surface area (Å²) in [7, 11) is 0. The fourth-order valence-corrected chi connectivity index (χ4v) is 3.59. The van der Waals surface area contributed by atoms with Crippen molar-refractivity contribution in [3.8, 4) is 16.1 Å². The van der Waals surface area contributed by atoms with E-state index in [9.17, 15) is 0 Å². The molecular weight excluding hydrogens is 356 g/mol. The Kier molecular flexibility index (Phi) is 5.27. The minimum absolute atomic E-state index is 0.623. The molecule has 2 aromatic heterocycles. The zero-order chi connectivity index (χ0) is 18.5. The molecule has 0 aliphatic heterocycles. The van der Waals surface area contributed by atoms with Crippen molar-refractivity contribution in [3.05, 3.63) is 78.8 Å². The van der Waals surface area contributed by atoms with E-state index in [-0.39, 0.29) is 0 Å². The van der Waals surface area contributed by atoms with Crippen LogP contribution in [0.15, 0.2) is 73.2 Å². The molecule has 136 valence electrons. The predicted octanol–water partition coefficient (Wildman–Crippen LogP) is 5.28. The van der Waals surface area contributed by atoms with Crippen molar-refractivity contribution in [2.24, 2.45) is 0 Å². The van der Waals surface area contributed by atoms with Crippen LogP contribution in [0.3, 0.4) is 0 Å². The Balaban J connectivity index is 1.47. The van der Waals surface area contributed by atoms with Gasteiger partial charge < -0.3 is 10.1 Å². The van der Waals surface area contributed by atoms with Gasteiger partial charge in [0.1, 0.15) is 0 Å². The van der Waals surface area contributed by atoms with Crippen LogP contribution in [0.5, 0.6) is 0 Å². The monoisotopic (exact) mass is 376 g/mol. The maximum atomic E-state index is 5.48. The van der Waals surface area contributed by atoms with Crippen molar-refractivity contribution < 1.29 is 4.74 Å². The van der Waals surface area contributed by atoms with Crippen LogP contribution < -0.4 is 5.32 Å². The zero-order valence-corrected chi connectivity index (χ0v) is 15.8. The summed E-state index contributed by atoms with van der Waals surface area (Å²) in [5.74, 6) is 0. The molecule has 0 saturated heterocycles. The lowest BCUT2D eigenvalue weighted by molar-refractivity contribution is 0.134. The van der Waals surface area contributed by atoms with Gasteiger partial charge in [-0.25, -0.2) is 9.67 Å². The van der Waals surface area contributed by atoms with Crippen LogP contribution in [0.1, 0.15) is 12.5 Å². The number of anilines is 2. The molecule has 2 aromatic carbocycles.